The molecule has 0 aliphatic rings. The number of pyridine rings is 1. The van der Waals surface area contributed by atoms with Gasteiger partial charge in [-0.25, -0.2) is 14.7 Å². The number of rotatable bonds is 2. The number of hydrogen-bond donors (Lipinski definition) is 0. The van der Waals surface area contributed by atoms with Crippen molar-refractivity contribution in [3.05, 3.63) is 34.6 Å². The van der Waals surface area contributed by atoms with E-state index in [9.17, 15) is 10.1 Å². The molecule has 1 aromatic heterocycles. The molecule has 1 aromatic rings. The lowest BCUT2D eigenvalue weighted by Gasteiger charge is -2.05. The fourth-order valence-corrected chi connectivity index (χ4v) is 0.803. The first-order valence-corrected chi connectivity index (χ1v) is 3.44. The summed E-state index contributed by atoms with van der Waals surface area (Å²) in [5.41, 5.74) is 0.568. The zero-order valence-corrected chi connectivity index (χ0v) is 6.97. The Morgan fingerprint density at radius 2 is 2.00 bits per heavy atom. The first-order valence-electron chi connectivity index (χ1n) is 3.44. The molecular weight excluding hydrogens is 158 g/mol. The summed E-state index contributed by atoms with van der Waals surface area (Å²) in [4.78, 5) is 10.3. The van der Waals surface area contributed by atoms with Crippen molar-refractivity contribution in [2.24, 2.45) is 7.05 Å². The van der Waals surface area contributed by atoms with Crippen LogP contribution >= 0.6 is 0 Å². The molecular formula is C7H10N3O2+. The van der Waals surface area contributed by atoms with Gasteiger partial charge in [0.15, 0.2) is 17.4 Å². The van der Waals surface area contributed by atoms with Crippen LogP contribution in [0.5, 0.6) is 0 Å². The lowest BCUT2D eigenvalue weighted by atomic mass is 10.4. The Morgan fingerprint density at radius 3 is 2.42 bits per heavy atom. The van der Waals surface area contributed by atoms with E-state index in [2.05, 4.69) is 0 Å². The summed E-state index contributed by atoms with van der Waals surface area (Å²) in [6.07, 6.45) is 3.52. The first kappa shape index (κ1) is 8.45. The van der Waals surface area contributed by atoms with E-state index in [1.807, 2.05) is 11.6 Å². The fraction of sp³-hybridized carbons (Fsp3) is 0.286. The van der Waals surface area contributed by atoms with Crippen molar-refractivity contribution in [3.63, 3.8) is 0 Å². The summed E-state index contributed by atoms with van der Waals surface area (Å²) < 4.78 is 1.82. The van der Waals surface area contributed by atoms with Gasteiger partial charge in [-0.05, 0) is 0 Å². The van der Waals surface area contributed by atoms with Crippen LogP contribution in [0, 0.1) is 10.1 Å². The largest absolute Gasteiger partial charge is 0.234 e. The third kappa shape index (κ3) is 1.69. The SMILES string of the molecule is CN(c1cc[n+](C)cc1)[N+](=O)[O-]. The molecule has 64 valence electrons. The van der Waals surface area contributed by atoms with Gasteiger partial charge >= 0.3 is 0 Å². The minimum Gasteiger partial charge on any atom is -0.234 e. The molecule has 0 spiro atoms. The van der Waals surface area contributed by atoms with Gasteiger partial charge < -0.3 is 0 Å². The Labute approximate surface area is 70.0 Å². The third-order valence-electron chi connectivity index (χ3n) is 1.58. The summed E-state index contributed by atoms with van der Waals surface area (Å²) in [6, 6.07) is 3.37. The molecule has 5 heteroatoms. The van der Waals surface area contributed by atoms with Crippen molar-refractivity contribution in [1.82, 2.24) is 0 Å². The fourth-order valence-electron chi connectivity index (χ4n) is 0.803. The van der Waals surface area contributed by atoms with E-state index in [-0.39, 0.29) is 0 Å². The zero-order chi connectivity index (χ0) is 9.14. The number of aromatic nitrogens is 1. The number of hydrogen-bond acceptors (Lipinski definition) is 2. The average molecular weight is 168 g/mol. The third-order valence-corrected chi connectivity index (χ3v) is 1.58. The highest BCUT2D eigenvalue weighted by Gasteiger charge is 2.10. The summed E-state index contributed by atoms with van der Waals surface area (Å²) in [5, 5.41) is 10.8. The maximum atomic E-state index is 10.3. The molecule has 0 unspecified atom stereocenters. The highest BCUT2D eigenvalue weighted by molar-refractivity contribution is 5.39. The summed E-state index contributed by atoms with van der Waals surface area (Å²) >= 11 is 0. The Hall–Kier alpha value is -1.65. The van der Waals surface area contributed by atoms with E-state index in [1.165, 1.54) is 7.05 Å². The van der Waals surface area contributed by atoms with Gasteiger partial charge in [-0.3, -0.25) is 0 Å². The monoisotopic (exact) mass is 168 g/mol. The highest BCUT2D eigenvalue weighted by atomic mass is 16.7. The second-order valence-electron chi connectivity index (χ2n) is 2.48. The number of nitro groups is 1. The maximum absolute atomic E-state index is 10.3. The number of aryl methyl sites for hydroxylation is 1. The molecule has 0 atom stereocenters. The van der Waals surface area contributed by atoms with Gasteiger partial charge in [0, 0.05) is 12.1 Å². The Morgan fingerprint density at radius 1 is 1.50 bits per heavy atom. The van der Waals surface area contributed by atoms with Crippen molar-refractivity contribution in [3.8, 4) is 0 Å². The molecule has 0 fully saturated rings. The van der Waals surface area contributed by atoms with Crippen LogP contribution in [0.3, 0.4) is 0 Å². The molecule has 0 N–H and O–H groups in total. The number of nitrogens with zero attached hydrogens (tertiary/aromatic N) is 3. The van der Waals surface area contributed by atoms with Gasteiger partial charge in [0.1, 0.15) is 12.7 Å². The van der Waals surface area contributed by atoms with E-state index in [0.29, 0.717) is 5.69 Å². The molecule has 0 amide bonds. The Balaban J connectivity index is 2.89. The standard InChI is InChI=1S/C7H10N3O2/c1-8-5-3-7(4-6-8)9(2)10(11)12/h3-6H,1-2H3/q+1. The lowest BCUT2D eigenvalue weighted by Crippen LogP contribution is -2.29. The van der Waals surface area contributed by atoms with Crippen molar-refractivity contribution in [2.75, 3.05) is 12.1 Å². The van der Waals surface area contributed by atoms with E-state index in [1.54, 1.807) is 24.5 Å². The normalized spacial score (nSPS) is 9.50. The van der Waals surface area contributed by atoms with Crippen LogP contribution in [0.2, 0.25) is 0 Å². The predicted octanol–water partition coefficient (Wildman–Crippen LogP) is 0.139. The summed E-state index contributed by atoms with van der Waals surface area (Å²) in [6.45, 7) is 0. The van der Waals surface area contributed by atoms with Gasteiger partial charge in [-0.2, -0.15) is 0 Å². The molecule has 0 aliphatic heterocycles. The van der Waals surface area contributed by atoms with Crippen molar-refractivity contribution < 1.29 is 9.60 Å². The average Bonchev–Trinajstić information content (AvgIpc) is 2.04. The van der Waals surface area contributed by atoms with Crippen LogP contribution in [0.25, 0.3) is 0 Å². The topological polar surface area (TPSA) is 50.3 Å². The zero-order valence-electron chi connectivity index (χ0n) is 6.97. The maximum Gasteiger partial charge on any atom is 0.170 e. The summed E-state index contributed by atoms with van der Waals surface area (Å²) in [5.74, 6) is 0. The molecule has 0 radical (unpaired) electrons. The molecule has 5 nitrogen and oxygen atoms in total. The predicted molar refractivity (Wildman–Crippen MR) is 43.0 cm³/mol. The highest BCUT2D eigenvalue weighted by Crippen LogP contribution is 2.07. The first-order chi connectivity index (χ1) is 5.61. The van der Waals surface area contributed by atoms with Crippen LogP contribution in [0.4, 0.5) is 5.69 Å². The molecule has 12 heavy (non-hydrogen) atoms. The van der Waals surface area contributed by atoms with Crippen molar-refractivity contribution >= 4 is 5.69 Å². The number of anilines is 1. The lowest BCUT2D eigenvalue weighted by molar-refractivity contribution is -0.671. The van der Waals surface area contributed by atoms with Crippen molar-refractivity contribution in [1.29, 1.82) is 0 Å². The van der Waals surface area contributed by atoms with Crippen LogP contribution in [-0.4, -0.2) is 12.1 Å². The number of hydrazine groups is 1. The molecule has 0 saturated carbocycles. The quantitative estimate of drug-likeness (QED) is 0.358. The second-order valence-corrected chi connectivity index (χ2v) is 2.48. The van der Waals surface area contributed by atoms with Gasteiger partial charge in [-0.15, -0.1) is 0 Å². The van der Waals surface area contributed by atoms with Crippen LogP contribution < -0.4 is 9.58 Å². The molecule has 1 rings (SSSR count). The summed E-state index contributed by atoms with van der Waals surface area (Å²) in [7, 11) is 3.27. The van der Waals surface area contributed by atoms with Gasteiger partial charge in [0.05, 0.1) is 7.05 Å². The minimum absolute atomic E-state index is 0.463. The van der Waals surface area contributed by atoms with Gasteiger partial charge in [0.25, 0.3) is 0 Å². The second kappa shape index (κ2) is 3.17. The Bertz CT molecular complexity index is 283. The van der Waals surface area contributed by atoms with E-state index in [4.69, 9.17) is 0 Å². The molecule has 0 aliphatic carbocycles. The van der Waals surface area contributed by atoms with Crippen LogP contribution in [0.15, 0.2) is 24.5 Å². The molecule has 0 saturated heterocycles. The van der Waals surface area contributed by atoms with Gasteiger partial charge in [-0.1, -0.05) is 5.01 Å². The van der Waals surface area contributed by atoms with E-state index in [0.717, 1.165) is 5.01 Å². The molecule has 0 aromatic carbocycles. The molecule has 1 heterocycles. The van der Waals surface area contributed by atoms with Gasteiger partial charge in [0.2, 0.25) is 0 Å². The van der Waals surface area contributed by atoms with Crippen LogP contribution in [0.1, 0.15) is 0 Å². The Kier molecular flexibility index (Phi) is 2.23. The van der Waals surface area contributed by atoms with E-state index < -0.39 is 5.03 Å². The minimum atomic E-state index is -0.463. The van der Waals surface area contributed by atoms with Crippen LogP contribution in [-0.2, 0) is 7.05 Å². The van der Waals surface area contributed by atoms with Crippen molar-refractivity contribution in [2.45, 2.75) is 0 Å². The smallest absolute Gasteiger partial charge is 0.170 e. The van der Waals surface area contributed by atoms with E-state index >= 15 is 0 Å². The molecule has 0 bridgehead atoms.